The highest BCUT2D eigenvalue weighted by molar-refractivity contribution is 5.98. The van der Waals surface area contributed by atoms with Gasteiger partial charge in [0.25, 0.3) is 5.91 Å². The second kappa shape index (κ2) is 7.81. The fraction of sp³-hybridized carbons (Fsp3) is 0.304. The molecule has 0 N–H and O–H groups in total. The Morgan fingerprint density at radius 2 is 1.91 bits per heavy atom. The third kappa shape index (κ3) is 3.53. The quantitative estimate of drug-likeness (QED) is 0.475. The second-order valence-corrected chi connectivity index (χ2v) is 8.21. The van der Waals surface area contributed by atoms with Crippen LogP contribution in [0.4, 0.5) is 8.78 Å². The molecule has 32 heavy (non-hydrogen) atoms. The lowest BCUT2D eigenvalue weighted by atomic mass is 9.92. The molecule has 7 nitrogen and oxygen atoms in total. The van der Waals surface area contributed by atoms with Gasteiger partial charge in [-0.25, -0.2) is 13.8 Å². The zero-order valence-corrected chi connectivity index (χ0v) is 17.6. The van der Waals surface area contributed by atoms with Crippen molar-refractivity contribution in [2.24, 2.45) is 0 Å². The average molecular weight is 437 g/mol. The van der Waals surface area contributed by atoms with Crippen molar-refractivity contribution in [1.29, 1.82) is 0 Å². The summed E-state index contributed by atoms with van der Waals surface area (Å²) in [7, 11) is 0. The van der Waals surface area contributed by atoms with Crippen LogP contribution in [0.15, 0.2) is 47.1 Å². The Morgan fingerprint density at radius 3 is 2.69 bits per heavy atom. The zero-order chi connectivity index (χ0) is 22.4. The molecule has 0 saturated carbocycles. The van der Waals surface area contributed by atoms with Crippen molar-refractivity contribution in [2.75, 3.05) is 6.54 Å². The number of nitrogens with zero attached hydrogens (tertiary/aromatic N) is 5. The molecule has 1 amide bonds. The van der Waals surface area contributed by atoms with E-state index >= 15 is 0 Å². The Balaban J connectivity index is 1.48. The molecular weight excluding hydrogens is 416 g/mol. The Bertz CT molecular complexity index is 1300. The van der Waals surface area contributed by atoms with E-state index in [1.165, 1.54) is 4.80 Å². The number of aryl methyl sites for hydroxylation is 1. The molecule has 2 atom stereocenters. The molecule has 0 radical (unpaired) electrons. The molecule has 0 bridgehead atoms. The van der Waals surface area contributed by atoms with Gasteiger partial charge in [0, 0.05) is 24.7 Å². The van der Waals surface area contributed by atoms with Crippen LogP contribution < -0.4 is 0 Å². The third-order valence-corrected chi connectivity index (χ3v) is 5.93. The molecule has 5 rings (SSSR count). The minimum absolute atomic E-state index is 0.00347. The van der Waals surface area contributed by atoms with E-state index in [4.69, 9.17) is 4.42 Å². The molecule has 1 aliphatic heterocycles. The first-order valence-corrected chi connectivity index (χ1v) is 10.4. The predicted molar refractivity (Wildman–Crippen MR) is 112 cm³/mol. The van der Waals surface area contributed by atoms with E-state index in [-0.39, 0.29) is 29.0 Å². The maximum atomic E-state index is 14.1. The van der Waals surface area contributed by atoms with Gasteiger partial charge in [-0.15, -0.1) is 0 Å². The van der Waals surface area contributed by atoms with E-state index in [2.05, 4.69) is 15.2 Å². The van der Waals surface area contributed by atoms with Crippen molar-refractivity contribution in [3.8, 4) is 5.69 Å². The van der Waals surface area contributed by atoms with Crippen LogP contribution in [0.1, 0.15) is 47.5 Å². The molecule has 164 valence electrons. The van der Waals surface area contributed by atoms with Gasteiger partial charge in [0.2, 0.25) is 5.89 Å². The lowest BCUT2D eigenvalue weighted by Crippen LogP contribution is -2.45. The van der Waals surface area contributed by atoms with E-state index < -0.39 is 11.6 Å². The number of rotatable bonds is 3. The number of fused-ring (bicyclic) bond motifs is 1. The van der Waals surface area contributed by atoms with Gasteiger partial charge in [-0.1, -0.05) is 11.6 Å². The van der Waals surface area contributed by atoms with Crippen LogP contribution >= 0.6 is 0 Å². The van der Waals surface area contributed by atoms with Crippen molar-refractivity contribution in [3.05, 3.63) is 71.4 Å². The maximum Gasteiger partial charge on any atom is 0.256 e. The lowest BCUT2D eigenvalue weighted by Gasteiger charge is -2.37. The summed E-state index contributed by atoms with van der Waals surface area (Å²) in [6.07, 6.45) is 4.57. The van der Waals surface area contributed by atoms with Crippen LogP contribution in [0.5, 0.6) is 0 Å². The molecule has 0 spiro atoms. The number of hydrogen-bond acceptors (Lipinski definition) is 5. The highest BCUT2D eigenvalue weighted by Gasteiger charge is 2.34. The van der Waals surface area contributed by atoms with E-state index in [0.717, 1.165) is 30.5 Å². The highest BCUT2D eigenvalue weighted by atomic mass is 19.1. The van der Waals surface area contributed by atoms with E-state index in [0.29, 0.717) is 23.7 Å². The fourth-order valence-electron chi connectivity index (χ4n) is 4.23. The van der Waals surface area contributed by atoms with Crippen LogP contribution in [0.25, 0.3) is 16.8 Å². The standard InChI is InChI=1S/C23H21F2N5O2/c1-13-3-6-20(30-26-7-8-27-30)17(9-13)23(31)29-12-15(5-4-14(29)2)22-28-19-11-16(24)10-18(25)21(19)32-22/h3,6-11,14-15H,4-5,12H2,1-2H3/t14-,15-/m1/s1. The highest BCUT2D eigenvalue weighted by Crippen LogP contribution is 2.33. The van der Waals surface area contributed by atoms with Gasteiger partial charge in [-0.05, 0) is 38.8 Å². The van der Waals surface area contributed by atoms with Crippen LogP contribution in [-0.4, -0.2) is 43.4 Å². The first kappa shape index (κ1) is 20.3. The molecule has 0 unspecified atom stereocenters. The van der Waals surface area contributed by atoms with Gasteiger partial charge in [-0.3, -0.25) is 4.79 Å². The maximum absolute atomic E-state index is 14.1. The summed E-state index contributed by atoms with van der Waals surface area (Å²) < 4.78 is 33.3. The normalized spacial score (nSPS) is 18.9. The molecule has 1 fully saturated rings. The van der Waals surface area contributed by atoms with Crippen LogP contribution in [-0.2, 0) is 0 Å². The average Bonchev–Trinajstić information content (AvgIpc) is 3.44. The summed E-state index contributed by atoms with van der Waals surface area (Å²) in [5, 5.41) is 8.34. The van der Waals surface area contributed by atoms with Crippen LogP contribution in [0.2, 0.25) is 0 Å². The largest absolute Gasteiger partial charge is 0.437 e. The Labute approximate surface area is 182 Å². The van der Waals surface area contributed by atoms with Gasteiger partial charge < -0.3 is 9.32 Å². The molecule has 1 aliphatic rings. The van der Waals surface area contributed by atoms with Gasteiger partial charge in [0.1, 0.15) is 11.3 Å². The van der Waals surface area contributed by atoms with Crippen molar-refractivity contribution >= 4 is 17.0 Å². The SMILES string of the molecule is Cc1ccc(-n2nccn2)c(C(=O)N2C[C@H](c3nc4cc(F)cc(F)c4o3)CC[C@H]2C)c1. The molecule has 1 saturated heterocycles. The molecule has 2 aromatic heterocycles. The molecule has 4 aromatic rings. The number of carbonyl (C=O) groups is 1. The van der Waals surface area contributed by atoms with Crippen molar-refractivity contribution in [2.45, 2.75) is 38.6 Å². The number of oxazole rings is 1. The third-order valence-electron chi connectivity index (χ3n) is 5.93. The summed E-state index contributed by atoms with van der Waals surface area (Å²) in [6.45, 7) is 4.28. The van der Waals surface area contributed by atoms with Gasteiger partial charge in [0.05, 0.1) is 29.6 Å². The summed E-state index contributed by atoms with van der Waals surface area (Å²) in [5.41, 5.74) is 2.11. The molecular formula is C23H21F2N5O2. The number of likely N-dealkylation sites (tertiary alicyclic amines) is 1. The Morgan fingerprint density at radius 1 is 1.12 bits per heavy atom. The number of aromatic nitrogens is 4. The lowest BCUT2D eigenvalue weighted by molar-refractivity contribution is 0.0597. The van der Waals surface area contributed by atoms with Crippen LogP contribution in [0.3, 0.4) is 0 Å². The van der Waals surface area contributed by atoms with E-state index in [1.54, 1.807) is 17.3 Å². The number of hydrogen-bond donors (Lipinski definition) is 0. The number of halogens is 2. The molecule has 0 aliphatic carbocycles. The summed E-state index contributed by atoms with van der Waals surface area (Å²) in [4.78, 5) is 21.1. The first-order chi connectivity index (χ1) is 15.4. The van der Waals surface area contributed by atoms with Crippen molar-refractivity contribution < 1.29 is 18.0 Å². The Kier molecular flexibility index (Phi) is 4.96. The second-order valence-electron chi connectivity index (χ2n) is 8.21. The van der Waals surface area contributed by atoms with E-state index in [9.17, 15) is 13.6 Å². The van der Waals surface area contributed by atoms with E-state index in [1.807, 2.05) is 32.0 Å². The summed E-state index contributed by atoms with van der Waals surface area (Å²) >= 11 is 0. The minimum atomic E-state index is -0.785. The topological polar surface area (TPSA) is 77.1 Å². The molecule has 9 heteroatoms. The molecule has 3 heterocycles. The van der Waals surface area contributed by atoms with Crippen molar-refractivity contribution in [3.63, 3.8) is 0 Å². The number of carbonyl (C=O) groups excluding carboxylic acids is 1. The van der Waals surface area contributed by atoms with Crippen LogP contribution in [0, 0.1) is 18.6 Å². The minimum Gasteiger partial charge on any atom is -0.437 e. The smallest absolute Gasteiger partial charge is 0.256 e. The van der Waals surface area contributed by atoms with Gasteiger partial charge in [-0.2, -0.15) is 15.0 Å². The summed E-state index contributed by atoms with van der Waals surface area (Å²) in [6, 6.07) is 7.48. The van der Waals surface area contributed by atoms with Crippen molar-refractivity contribution in [1.82, 2.24) is 24.9 Å². The Hall–Kier alpha value is -3.62. The fourth-order valence-corrected chi connectivity index (χ4v) is 4.23. The summed E-state index contributed by atoms with van der Waals surface area (Å²) in [5.74, 6) is -1.55. The number of amides is 1. The first-order valence-electron chi connectivity index (χ1n) is 10.4. The monoisotopic (exact) mass is 437 g/mol. The van der Waals surface area contributed by atoms with Gasteiger partial charge >= 0.3 is 0 Å². The zero-order valence-electron chi connectivity index (χ0n) is 17.6. The predicted octanol–water partition coefficient (Wildman–Crippen LogP) is 4.40. The van der Waals surface area contributed by atoms with Gasteiger partial charge in [0.15, 0.2) is 11.4 Å². The number of piperidine rings is 1. The number of benzene rings is 2. The molecule has 2 aromatic carbocycles.